The van der Waals surface area contributed by atoms with Gasteiger partial charge in [0.2, 0.25) is 5.91 Å². The molecule has 0 unspecified atom stereocenters. The minimum absolute atomic E-state index is 0.0717. The molecule has 1 aliphatic heterocycles. The van der Waals surface area contributed by atoms with Gasteiger partial charge in [0.15, 0.2) is 5.13 Å². The number of aromatic nitrogens is 1. The van der Waals surface area contributed by atoms with E-state index in [2.05, 4.69) is 15.2 Å². The Kier molecular flexibility index (Phi) is 5.97. The Balaban J connectivity index is 1.31. The van der Waals surface area contributed by atoms with Crippen LogP contribution in [0.4, 0.5) is 20.9 Å². The molecule has 1 amide bonds. The van der Waals surface area contributed by atoms with Crippen LogP contribution in [0, 0.1) is 5.82 Å². The number of carbonyl (C=O) groups is 1. The average molecular weight is 431 g/mol. The summed E-state index contributed by atoms with van der Waals surface area (Å²) in [6.07, 6.45) is 0.272. The number of para-hydroxylation sites is 1. The molecule has 3 aromatic rings. The van der Waals surface area contributed by atoms with Gasteiger partial charge in [-0.1, -0.05) is 23.7 Å². The van der Waals surface area contributed by atoms with Crippen LogP contribution < -0.4 is 10.2 Å². The van der Waals surface area contributed by atoms with Gasteiger partial charge < -0.3 is 15.1 Å². The maximum Gasteiger partial charge on any atom is 0.228 e. The number of hydrogen-bond acceptors (Lipinski definition) is 5. The Hall–Kier alpha value is -2.64. The van der Waals surface area contributed by atoms with E-state index in [1.807, 2.05) is 34.5 Å². The van der Waals surface area contributed by atoms with E-state index in [9.17, 15) is 9.18 Å². The number of piperazine rings is 1. The number of amides is 1. The van der Waals surface area contributed by atoms with Gasteiger partial charge in [0.1, 0.15) is 5.82 Å². The zero-order valence-electron chi connectivity index (χ0n) is 15.6. The van der Waals surface area contributed by atoms with E-state index < -0.39 is 0 Å². The lowest BCUT2D eigenvalue weighted by Gasteiger charge is -2.36. The monoisotopic (exact) mass is 430 g/mol. The fourth-order valence-corrected chi connectivity index (χ4v) is 4.26. The molecule has 0 radical (unpaired) electrons. The molecule has 1 N–H and O–H groups in total. The van der Waals surface area contributed by atoms with Crippen LogP contribution in [0.2, 0.25) is 5.02 Å². The van der Waals surface area contributed by atoms with Gasteiger partial charge in [-0.2, -0.15) is 0 Å². The molecule has 0 bridgehead atoms. The summed E-state index contributed by atoms with van der Waals surface area (Å²) < 4.78 is 13.0. The van der Waals surface area contributed by atoms with Gasteiger partial charge in [-0.25, -0.2) is 9.37 Å². The molecule has 5 nitrogen and oxygen atoms in total. The van der Waals surface area contributed by atoms with E-state index in [0.717, 1.165) is 35.2 Å². The summed E-state index contributed by atoms with van der Waals surface area (Å²) in [5, 5.41) is 6.42. The lowest BCUT2D eigenvalue weighted by atomic mass is 10.2. The molecule has 0 saturated carbocycles. The van der Waals surface area contributed by atoms with E-state index in [-0.39, 0.29) is 18.1 Å². The third kappa shape index (κ3) is 4.86. The van der Waals surface area contributed by atoms with Crippen molar-refractivity contribution in [2.45, 2.75) is 6.42 Å². The number of hydrogen-bond donors (Lipinski definition) is 1. The summed E-state index contributed by atoms with van der Waals surface area (Å²) in [5.74, 6) is -0.210. The minimum Gasteiger partial charge on any atom is -0.367 e. The quantitative estimate of drug-likeness (QED) is 0.644. The number of benzene rings is 2. The number of thiazole rings is 1. The first-order valence-corrected chi connectivity index (χ1v) is 10.6. The average Bonchev–Trinajstić information content (AvgIpc) is 3.17. The number of nitrogens with one attached hydrogen (secondary N) is 1. The molecule has 2 heterocycles. The third-order valence-corrected chi connectivity index (χ3v) is 5.93. The molecule has 4 rings (SSSR count). The molecule has 8 heteroatoms. The summed E-state index contributed by atoms with van der Waals surface area (Å²) >= 11 is 7.70. The summed E-state index contributed by atoms with van der Waals surface area (Å²) in [7, 11) is 0. The van der Waals surface area contributed by atoms with Crippen LogP contribution in [-0.4, -0.2) is 42.0 Å². The summed E-state index contributed by atoms with van der Waals surface area (Å²) in [5.41, 5.74) is 2.50. The highest BCUT2D eigenvalue weighted by Crippen LogP contribution is 2.26. The number of carbonyl (C=O) groups excluding carboxylic acids is 1. The smallest absolute Gasteiger partial charge is 0.228 e. The zero-order chi connectivity index (χ0) is 20.2. The predicted octanol–water partition coefficient (Wildman–Crippen LogP) is 4.57. The molecule has 2 aromatic carbocycles. The highest BCUT2D eigenvalue weighted by Gasteiger charge is 2.23. The van der Waals surface area contributed by atoms with E-state index >= 15 is 0 Å². The van der Waals surface area contributed by atoms with Crippen molar-refractivity contribution in [3.8, 4) is 0 Å². The van der Waals surface area contributed by atoms with Gasteiger partial charge in [-0.15, -0.1) is 11.3 Å². The van der Waals surface area contributed by atoms with Gasteiger partial charge in [-0.3, -0.25) is 4.79 Å². The molecule has 1 aromatic heterocycles. The Morgan fingerprint density at radius 2 is 1.83 bits per heavy atom. The third-order valence-electron chi connectivity index (χ3n) is 4.81. The SMILES string of the molecule is O=C(Cc1csc(Nc2ccc(F)cc2)n1)N1CCN(c2ccccc2Cl)CC1. The van der Waals surface area contributed by atoms with Crippen LogP contribution in [0.1, 0.15) is 5.69 Å². The maximum absolute atomic E-state index is 13.0. The van der Waals surface area contributed by atoms with Gasteiger partial charge in [-0.05, 0) is 36.4 Å². The van der Waals surface area contributed by atoms with Gasteiger partial charge in [0, 0.05) is 37.2 Å². The lowest BCUT2D eigenvalue weighted by Crippen LogP contribution is -2.49. The lowest BCUT2D eigenvalue weighted by molar-refractivity contribution is -0.130. The molecule has 0 aliphatic carbocycles. The second-order valence-electron chi connectivity index (χ2n) is 6.77. The standard InChI is InChI=1S/C21H20ClFN4OS/c22-18-3-1-2-4-19(18)26-9-11-27(12-10-26)20(28)13-17-14-29-21(25-17)24-16-7-5-15(23)6-8-16/h1-8,14H,9-13H2,(H,24,25). The largest absolute Gasteiger partial charge is 0.367 e. The van der Waals surface area contributed by atoms with E-state index in [1.54, 1.807) is 12.1 Å². The fraction of sp³-hybridized carbons (Fsp3) is 0.238. The Morgan fingerprint density at radius 1 is 1.10 bits per heavy atom. The number of nitrogens with zero attached hydrogens (tertiary/aromatic N) is 3. The molecule has 150 valence electrons. The molecule has 1 aliphatic rings. The van der Waals surface area contributed by atoms with Crippen molar-refractivity contribution in [3.63, 3.8) is 0 Å². The van der Waals surface area contributed by atoms with E-state index in [0.29, 0.717) is 18.2 Å². The Labute approximate surface area is 177 Å². The molecule has 1 saturated heterocycles. The summed E-state index contributed by atoms with van der Waals surface area (Å²) in [4.78, 5) is 21.2. The van der Waals surface area contributed by atoms with Crippen molar-refractivity contribution in [3.05, 3.63) is 70.4 Å². The highest BCUT2D eigenvalue weighted by atomic mass is 35.5. The first-order valence-electron chi connectivity index (χ1n) is 9.33. The van der Waals surface area contributed by atoms with Crippen molar-refractivity contribution in [1.82, 2.24) is 9.88 Å². The molecule has 0 spiro atoms. The van der Waals surface area contributed by atoms with Crippen LogP contribution in [0.5, 0.6) is 0 Å². The Bertz CT molecular complexity index is 986. The molecule has 0 atom stereocenters. The van der Waals surface area contributed by atoms with Crippen molar-refractivity contribution < 1.29 is 9.18 Å². The first-order chi connectivity index (χ1) is 14.1. The van der Waals surface area contributed by atoms with Crippen molar-refractivity contribution in [2.75, 3.05) is 36.4 Å². The van der Waals surface area contributed by atoms with Gasteiger partial charge in [0.25, 0.3) is 0 Å². The molecule has 29 heavy (non-hydrogen) atoms. The Morgan fingerprint density at radius 3 is 2.55 bits per heavy atom. The van der Waals surface area contributed by atoms with Crippen molar-refractivity contribution in [2.24, 2.45) is 0 Å². The van der Waals surface area contributed by atoms with Crippen LogP contribution in [0.3, 0.4) is 0 Å². The maximum atomic E-state index is 13.0. The van der Waals surface area contributed by atoms with E-state index in [4.69, 9.17) is 11.6 Å². The van der Waals surface area contributed by atoms with Crippen LogP contribution in [-0.2, 0) is 11.2 Å². The summed E-state index contributed by atoms with van der Waals surface area (Å²) in [6, 6.07) is 13.9. The number of rotatable bonds is 5. The second kappa shape index (κ2) is 8.80. The normalized spacial score (nSPS) is 14.1. The van der Waals surface area contributed by atoms with Crippen LogP contribution >= 0.6 is 22.9 Å². The second-order valence-corrected chi connectivity index (χ2v) is 8.04. The molecular weight excluding hydrogens is 411 g/mol. The van der Waals surface area contributed by atoms with Crippen molar-refractivity contribution in [1.29, 1.82) is 0 Å². The molecular formula is C21H20ClFN4OS. The first kappa shape index (κ1) is 19.7. The van der Waals surface area contributed by atoms with Gasteiger partial charge in [0.05, 0.1) is 22.8 Å². The number of anilines is 3. The highest BCUT2D eigenvalue weighted by molar-refractivity contribution is 7.13. The summed E-state index contributed by atoms with van der Waals surface area (Å²) in [6.45, 7) is 2.83. The van der Waals surface area contributed by atoms with Gasteiger partial charge >= 0.3 is 0 Å². The predicted molar refractivity (Wildman–Crippen MR) is 116 cm³/mol. The minimum atomic E-state index is -0.282. The topological polar surface area (TPSA) is 48.5 Å². The fourth-order valence-electron chi connectivity index (χ4n) is 3.27. The molecule has 1 fully saturated rings. The van der Waals surface area contributed by atoms with Crippen LogP contribution in [0.15, 0.2) is 53.9 Å². The van der Waals surface area contributed by atoms with Crippen LogP contribution in [0.25, 0.3) is 0 Å². The van der Waals surface area contributed by atoms with E-state index in [1.165, 1.54) is 23.5 Å². The zero-order valence-corrected chi connectivity index (χ0v) is 17.2. The number of halogens is 2. The van der Waals surface area contributed by atoms with Crippen molar-refractivity contribution >= 4 is 45.4 Å².